The Bertz CT molecular complexity index is 1660. The third-order valence-corrected chi connectivity index (χ3v) is 14.0. The number of ether oxygens (including phenoxy) is 5. The van der Waals surface area contributed by atoms with Crippen LogP contribution in [0.3, 0.4) is 0 Å². The average molecular weight is 766 g/mol. The molecule has 2 spiro atoms. The van der Waals surface area contributed by atoms with Gasteiger partial charge in [0.1, 0.15) is 0 Å². The Morgan fingerprint density at radius 1 is 0.774 bits per heavy atom. The molecule has 2 aliphatic carbocycles. The van der Waals surface area contributed by atoms with E-state index < -0.39 is 90.2 Å². The van der Waals surface area contributed by atoms with Crippen molar-refractivity contribution in [2.75, 3.05) is 0 Å². The molecule has 0 radical (unpaired) electrons. The van der Waals surface area contributed by atoms with Gasteiger partial charge in [-0.3, -0.25) is 0 Å². The van der Waals surface area contributed by atoms with E-state index >= 15 is 13.2 Å². The standard InChI is InChI=1S/C35H45F6N3O9/c1-17-6-8-24-19(3)33(35(39,40)41,49-28-31(24)22(17)10-13-30(5,48-28)51-52-31)45-16-20-14-42-43-44(20)15-21-25-9-7-18(2)23-11-12-29(4)47-27(32(23,25)53-50-29)46-26(21)34(36,37)38/h14,17-19,22-25,27-28H,6-13,15-16H2,1-5H3/t17-,18-,19-,22?,23?,24+,25+,27-,28+,29-,30+,31-,32-,33-/m1/s1. The lowest BCUT2D eigenvalue weighted by Gasteiger charge is -2.62. The van der Waals surface area contributed by atoms with E-state index in [2.05, 4.69) is 17.2 Å². The molecule has 0 aromatic carbocycles. The van der Waals surface area contributed by atoms with Crippen molar-refractivity contribution in [2.24, 2.45) is 41.4 Å². The maximum Gasteiger partial charge on any atom is 0.449 e. The molecule has 9 heterocycles. The van der Waals surface area contributed by atoms with Crippen LogP contribution in [-0.2, 0) is 56.4 Å². The van der Waals surface area contributed by atoms with Gasteiger partial charge in [0.05, 0.1) is 25.0 Å². The van der Waals surface area contributed by atoms with Gasteiger partial charge < -0.3 is 23.7 Å². The first-order chi connectivity index (χ1) is 24.9. The Balaban J connectivity index is 1.05. The highest BCUT2D eigenvalue weighted by molar-refractivity contribution is 5.28. The molecule has 8 aliphatic heterocycles. The van der Waals surface area contributed by atoms with Gasteiger partial charge in [0.2, 0.25) is 23.6 Å². The molecule has 9 fully saturated rings. The molecule has 2 saturated carbocycles. The first-order valence-electron chi connectivity index (χ1n) is 18.7. The number of fused-ring (bicyclic) bond motifs is 4. The largest absolute Gasteiger partial charge is 0.456 e. The lowest BCUT2D eigenvalue weighted by atomic mass is 9.57. The molecule has 12 nitrogen and oxygen atoms in total. The third kappa shape index (κ3) is 5.11. The van der Waals surface area contributed by atoms with Gasteiger partial charge in [0, 0.05) is 42.1 Å². The fourth-order valence-electron chi connectivity index (χ4n) is 11.3. The summed E-state index contributed by atoms with van der Waals surface area (Å²) in [5.74, 6) is -10.2. The van der Waals surface area contributed by atoms with Crippen molar-refractivity contribution < 1.29 is 69.6 Å². The van der Waals surface area contributed by atoms with Crippen molar-refractivity contribution >= 4 is 0 Å². The molecule has 53 heavy (non-hydrogen) atoms. The molecule has 1 aromatic rings. The molecule has 296 valence electrons. The van der Waals surface area contributed by atoms with Gasteiger partial charge in [-0.1, -0.05) is 26.0 Å². The van der Waals surface area contributed by atoms with Gasteiger partial charge in [-0.25, -0.2) is 24.2 Å². The van der Waals surface area contributed by atoms with Gasteiger partial charge in [-0.05, 0) is 70.1 Å². The van der Waals surface area contributed by atoms with Gasteiger partial charge in [-0.15, -0.1) is 5.10 Å². The summed E-state index contributed by atoms with van der Waals surface area (Å²) >= 11 is 0. The van der Waals surface area contributed by atoms with E-state index in [-0.39, 0.29) is 34.9 Å². The van der Waals surface area contributed by atoms with Crippen LogP contribution in [0.2, 0.25) is 0 Å². The highest BCUT2D eigenvalue weighted by atomic mass is 19.4. The minimum absolute atomic E-state index is 0.00501. The number of hydrogen-bond donors (Lipinski definition) is 0. The van der Waals surface area contributed by atoms with Crippen LogP contribution in [0.15, 0.2) is 17.5 Å². The second-order valence-electron chi connectivity index (χ2n) is 17.0. The van der Waals surface area contributed by atoms with E-state index in [4.69, 9.17) is 43.2 Å². The summed E-state index contributed by atoms with van der Waals surface area (Å²) in [6, 6.07) is 0. The summed E-state index contributed by atoms with van der Waals surface area (Å²) < 4.78 is 122. The molecule has 11 rings (SSSR count). The highest BCUT2D eigenvalue weighted by Gasteiger charge is 2.77. The average Bonchev–Trinajstić information content (AvgIpc) is 3.22. The number of aromatic nitrogens is 3. The van der Waals surface area contributed by atoms with Crippen LogP contribution in [0.5, 0.6) is 0 Å². The molecular formula is C35H45F6N3O9. The number of halogens is 6. The Kier molecular flexibility index (Phi) is 8.10. The van der Waals surface area contributed by atoms with Gasteiger partial charge in [-0.2, -0.15) is 26.3 Å². The summed E-state index contributed by atoms with van der Waals surface area (Å²) in [6.07, 6.45) is -7.72. The molecule has 7 saturated heterocycles. The monoisotopic (exact) mass is 765 g/mol. The van der Waals surface area contributed by atoms with Crippen LogP contribution < -0.4 is 0 Å². The molecule has 4 bridgehead atoms. The molecule has 0 N–H and O–H groups in total. The van der Waals surface area contributed by atoms with Gasteiger partial charge in [0.25, 0.3) is 5.79 Å². The van der Waals surface area contributed by atoms with Crippen molar-refractivity contribution in [2.45, 2.75) is 153 Å². The molecule has 1 aromatic heterocycles. The first kappa shape index (κ1) is 36.6. The van der Waals surface area contributed by atoms with Crippen LogP contribution in [0.1, 0.15) is 91.7 Å². The smallest absolute Gasteiger partial charge is 0.449 e. The fraction of sp³-hybridized carbons (Fsp3) is 0.886. The normalized spacial score (nSPS) is 49.2. The first-order valence-corrected chi connectivity index (χ1v) is 18.7. The molecule has 0 amide bonds. The minimum atomic E-state index is -5.06. The number of allylic oxidation sites excluding steroid dienone is 1. The topological polar surface area (TPSA) is 114 Å². The van der Waals surface area contributed by atoms with Crippen molar-refractivity contribution in [3.8, 4) is 0 Å². The lowest BCUT2D eigenvalue weighted by molar-refractivity contribution is -0.599. The van der Waals surface area contributed by atoms with Gasteiger partial charge >= 0.3 is 12.4 Å². The van der Waals surface area contributed by atoms with Crippen LogP contribution in [0.25, 0.3) is 0 Å². The van der Waals surface area contributed by atoms with Gasteiger partial charge in [0.15, 0.2) is 17.5 Å². The zero-order valence-corrected chi connectivity index (χ0v) is 30.1. The second-order valence-corrected chi connectivity index (χ2v) is 17.0. The third-order valence-electron chi connectivity index (χ3n) is 14.0. The van der Waals surface area contributed by atoms with Crippen LogP contribution in [-0.4, -0.2) is 68.5 Å². The summed E-state index contributed by atoms with van der Waals surface area (Å²) in [5, 5.41) is 7.91. The second kappa shape index (κ2) is 11.7. The predicted octanol–water partition coefficient (Wildman–Crippen LogP) is 7.00. The fourth-order valence-corrected chi connectivity index (χ4v) is 11.3. The number of nitrogens with zero attached hydrogens (tertiary/aromatic N) is 3. The Labute approximate surface area is 301 Å². The molecule has 2 unspecified atom stereocenters. The Morgan fingerprint density at radius 3 is 2.06 bits per heavy atom. The van der Waals surface area contributed by atoms with Crippen molar-refractivity contribution in [1.82, 2.24) is 15.0 Å². The SMILES string of the molecule is C[C@@H]1CC[C@H]2C(Cn3nncc3CO[C@@]3(C(F)(F)F)O[C@@H]4O[C@]5(C)CCC6[C@H](C)CC[C@@H]([C@H]3C)[C@]64OO5)=C(C(F)(F)F)O[C@@H]3O[C@@]4(C)CCC1[C@]32OO4. The van der Waals surface area contributed by atoms with Crippen LogP contribution >= 0.6 is 0 Å². The van der Waals surface area contributed by atoms with E-state index in [1.165, 1.54) is 13.1 Å². The quantitative estimate of drug-likeness (QED) is 0.228. The van der Waals surface area contributed by atoms with E-state index in [0.717, 1.165) is 4.68 Å². The molecule has 18 heteroatoms. The van der Waals surface area contributed by atoms with Crippen molar-refractivity contribution in [3.05, 3.63) is 23.2 Å². The van der Waals surface area contributed by atoms with E-state index in [1.807, 2.05) is 6.92 Å². The zero-order valence-electron chi connectivity index (χ0n) is 30.1. The Morgan fingerprint density at radius 2 is 1.40 bits per heavy atom. The maximum absolute atomic E-state index is 15.5. The number of alkyl halides is 6. The molecule has 14 atom stereocenters. The molecule has 10 aliphatic rings. The summed E-state index contributed by atoms with van der Waals surface area (Å²) in [4.78, 5) is 23.6. The zero-order chi connectivity index (χ0) is 37.6. The minimum Gasteiger partial charge on any atom is -0.456 e. The van der Waals surface area contributed by atoms with E-state index in [1.54, 1.807) is 13.8 Å². The van der Waals surface area contributed by atoms with Crippen LogP contribution in [0.4, 0.5) is 26.3 Å². The van der Waals surface area contributed by atoms with Crippen molar-refractivity contribution in [1.29, 1.82) is 0 Å². The number of hydrogen-bond acceptors (Lipinski definition) is 11. The van der Waals surface area contributed by atoms with E-state index in [0.29, 0.717) is 51.4 Å². The lowest BCUT2D eigenvalue weighted by Crippen LogP contribution is -2.75. The summed E-state index contributed by atoms with van der Waals surface area (Å²) in [7, 11) is 0. The summed E-state index contributed by atoms with van der Waals surface area (Å²) in [6.45, 7) is 7.47. The number of rotatable bonds is 5. The Hall–Kier alpha value is -2.06. The summed E-state index contributed by atoms with van der Waals surface area (Å²) in [5.41, 5.74) is -2.85. The van der Waals surface area contributed by atoms with E-state index in [9.17, 15) is 13.2 Å². The predicted molar refractivity (Wildman–Crippen MR) is 164 cm³/mol. The van der Waals surface area contributed by atoms with Crippen molar-refractivity contribution in [3.63, 3.8) is 0 Å². The highest BCUT2D eigenvalue weighted by Crippen LogP contribution is 2.65. The maximum atomic E-state index is 15.5. The molecular weight excluding hydrogens is 720 g/mol. The van der Waals surface area contributed by atoms with Crippen LogP contribution in [0, 0.1) is 41.4 Å².